The van der Waals surface area contributed by atoms with Crippen molar-refractivity contribution in [2.45, 2.75) is 62.2 Å². The summed E-state index contributed by atoms with van der Waals surface area (Å²) in [4.78, 5) is 31.6. The molecule has 6 heterocycles. The van der Waals surface area contributed by atoms with Crippen LogP contribution in [0.15, 0.2) is 101 Å². The molecule has 16 nitrogen and oxygen atoms in total. The Bertz CT molecular complexity index is 2180. The van der Waals surface area contributed by atoms with E-state index in [0.29, 0.717) is 22.2 Å². The van der Waals surface area contributed by atoms with E-state index < -0.39 is 0 Å². The number of allylic oxidation sites excluding steroid dienone is 10. The number of aryl methyl sites for hydroxylation is 4. The van der Waals surface area contributed by atoms with E-state index in [0.717, 1.165) is 56.4 Å². The van der Waals surface area contributed by atoms with Crippen LogP contribution >= 0.6 is 47.0 Å². The summed E-state index contributed by atoms with van der Waals surface area (Å²) < 4.78 is 6.97. The van der Waals surface area contributed by atoms with Gasteiger partial charge in [0.05, 0.1) is 11.4 Å². The van der Waals surface area contributed by atoms with E-state index >= 15 is 0 Å². The second kappa shape index (κ2) is 18.5. The molecule has 6 rings (SSSR count). The quantitative estimate of drug-likeness (QED) is 0.115. The first-order chi connectivity index (χ1) is 26.6. The Morgan fingerprint density at radius 3 is 1.12 bits per heavy atom. The van der Waals surface area contributed by atoms with Crippen molar-refractivity contribution >= 4 is 82.3 Å². The molecule has 4 aromatic rings. The van der Waals surface area contributed by atoms with Crippen LogP contribution in [0.2, 0.25) is 0 Å². The maximum Gasteiger partial charge on any atom is 0.248 e. The summed E-state index contributed by atoms with van der Waals surface area (Å²) in [5.74, 6) is 2.70. The lowest BCUT2D eigenvalue weighted by Gasteiger charge is -2.28. The Morgan fingerprint density at radius 2 is 0.821 bits per heavy atom. The van der Waals surface area contributed by atoms with E-state index in [-0.39, 0.29) is 0 Å². The fourth-order valence-electron chi connectivity index (χ4n) is 5.78. The maximum atomic E-state index is 4.66. The van der Waals surface area contributed by atoms with Crippen molar-refractivity contribution in [2.24, 2.45) is 38.2 Å². The lowest BCUT2D eigenvalue weighted by Crippen LogP contribution is -2.25. The summed E-state index contributed by atoms with van der Waals surface area (Å²) in [6, 6.07) is 0. The van der Waals surface area contributed by atoms with Crippen LogP contribution in [-0.2, 0) is 28.2 Å². The molecule has 0 amide bonds. The molecule has 0 fully saturated rings. The van der Waals surface area contributed by atoms with E-state index in [4.69, 9.17) is 0 Å². The van der Waals surface area contributed by atoms with Crippen LogP contribution in [0.4, 0.5) is 23.8 Å². The Kier molecular flexibility index (Phi) is 14.1. The summed E-state index contributed by atoms with van der Waals surface area (Å²) in [7, 11) is 7.50. The molecule has 2 aliphatic heterocycles. The molecule has 2 aliphatic rings. The van der Waals surface area contributed by atoms with Crippen molar-refractivity contribution in [3.8, 4) is 0 Å². The van der Waals surface area contributed by atoms with Gasteiger partial charge >= 0.3 is 0 Å². The predicted octanol–water partition coefficient (Wildman–Crippen LogP) is 7.47. The Morgan fingerprint density at radius 1 is 0.500 bits per heavy atom. The minimum absolute atomic E-state index is 0.581. The van der Waals surface area contributed by atoms with E-state index in [2.05, 4.69) is 112 Å². The molecular weight excluding hydrogens is 785 g/mol. The number of aromatic nitrogens is 12. The zero-order chi connectivity index (χ0) is 40.8. The van der Waals surface area contributed by atoms with Crippen molar-refractivity contribution in [1.82, 2.24) is 59.1 Å². The zero-order valence-corrected chi connectivity index (χ0v) is 37.5. The first-order valence-electron chi connectivity index (χ1n) is 17.3. The molecule has 0 spiro atoms. The van der Waals surface area contributed by atoms with Gasteiger partial charge in [0.1, 0.15) is 0 Å². The van der Waals surface area contributed by atoms with Crippen LogP contribution in [0.25, 0.3) is 0 Å². The van der Waals surface area contributed by atoms with E-state index in [1.165, 1.54) is 58.2 Å². The first-order valence-corrected chi connectivity index (χ1v) is 22.2. The molecule has 0 aliphatic carbocycles. The summed E-state index contributed by atoms with van der Waals surface area (Å²) in [6.45, 7) is 12.2. The normalized spacial score (nSPS) is 16.6. The Labute approximate surface area is 345 Å². The van der Waals surface area contributed by atoms with Gasteiger partial charge in [0.25, 0.3) is 0 Å². The van der Waals surface area contributed by atoms with Crippen LogP contribution in [-0.4, -0.2) is 95.5 Å². The number of anilines is 2. The second-order valence-corrected chi connectivity index (χ2v) is 15.8. The molecule has 0 saturated carbocycles. The van der Waals surface area contributed by atoms with Gasteiger partial charge in [-0.25, -0.2) is 28.7 Å². The average Bonchev–Trinajstić information content (AvgIpc) is 3.89. The van der Waals surface area contributed by atoms with Crippen LogP contribution < -0.4 is 9.80 Å². The van der Waals surface area contributed by atoms with Gasteiger partial charge in [-0.2, -0.15) is 19.9 Å². The number of thioether (sulfide) groups is 4. The molecule has 4 aromatic heterocycles. The molecule has 0 unspecified atom stereocenters. The summed E-state index contributed by atoms with van der Waals surface area (Å²) in [5, 5.41) is 20.5. The van der Waals surface area contributed by atoms with Gasteiger partial charge in [-0.15, -0.1) is 20.4 Å². The van der Waals surface area contributed by atoms with Gasteiger partial charge < -0.3 is 0 Å². The van der Waals surface area contributed by atoms with Gasteiger partial charge in [0.15, 0.2) is 0 Å². The molecule has 0 aromatic carbocycles. The van der Waals surface area contributed by atoms with Crippen molar-refractivity contribution in [3.05, 3.63) is 70.4 Å². The lowest BCUT2D eigenvalue weighted by atomic mass is 10.1. The van der Waals surface area contributed by atoms with Gasteiger partial charge in [-0.05, 0) is 114 Å². The monoisotopic (exact) mass is 832 g/mol. The van der Waals surface area contributed by atoms with Crippen LogP contribution in [0.3, 0.4) is 0 Å². The highest BCUT2D eigenvalue weighted by molar-refractivity contribution is 7.99. The van der Waals surface area contributed by atoms with E-state index in [1.54, 1.807) is 18.7 Å². The summed E-state index contributed by atoms with van der Waals surface area (Å²) in [6.07, 6.45) is 20.4. The molecule has 0 radical (unpaired) electrons. The van der Waals surface area contributed by atoms with Crippen LogP contribution in [0.1, 0.15) is 41.5 Å². The van der Waals surface area contributed by atoms with Gasteiger partial charge in [-0.1, -0.05) is 47.0 Å². The highest BCUT2D eigenvalue weighted by atomic mass is 32.2. The molecule has 0 saturated heterocycles. The largest absolute Gasteiger partial charge is 0.283 e. The molecular formula is C36H48N16S4. The SMILES string of the molecule is CSc1nc(/N=C(C)\C=C2\C=C(C)C=C(C)N2c2nc(SC)nn2C)n(C)n1.CSc1nc(/N=C(C)\C=C2\C=C(C)C=C(C)N2c2nc(SC)nn2C)n(C)n1. The van der Waals surface area contributed by atoms with Gasteiger partial charge in [0, 0.05) is 51.0 Å². The molecule has 296 valence electrons. The first kappa shape index (κ1) is 42.5. The fraction of sp³-hybridized carbons (Fsp3) is 0.389. The van der Waals surface area contributed by atoms with Crippen molar-refractivity contribution in [2.75, 3.05) is 34.8 Å². The topological polar surface area (TPSA) is 154 Å². The highest BCUT2D eigenvalue weighted by Gasteiger charge is 2.24. The summed E-state index contributed by atoms with van der Waals surface area (Å²) in [5.41, 5.74) is 8.11. The number of hydrogen-bond acceptors (Lipinski definition) is 16. The number of aliphatic imine (C=N–C) groups is 2. The van der Waals surface area contributed by atoms with Crippen LogP contribution in [0, 0.1) is 0 Å². The van der Waals surface area contributed by atoms with Crippen molar-refractivity contribution < 1.29 is 0 Å². The molecule has 56 heavy (non-hydrogen) atoms. The minimum atomic E-state index is 0.581. The van der Waals surface area contributed by atoms with Crippen LogP contribution in [0.5, 0.6) is 0 Å². The zero-order valence-electron chi connectivity index (χ0n) is 34.3. The van der Waals surface area contributed by atoms with E-state index in [1.807, 2.05) is 79.2 Å². The molecule has 20 heteroatoms. The molecule has 0 bridgehead atoms. The summed E-state index contributed by atoms with van der Waals surface area (Å²) >= 11 is 6.05. The van der Waals surface area contributed by atoms with Gasteiger partial charge in [0.2, 0.25) is 44.4 Å². The fourth-order valence-corrected chi connectivity index (χ4v) is 7.29. The van der Waals surface area contributed by atoms with E-state index in [9.17, 15) is 0 Å². The third kappa shape index (κ3) is 10.0. The maximum absolute atomic E-state index is 4.66. The van der Waals surface area contributed by atoms with Crippen molar-refractivity contribution in [3.63, 3.8) is 0 Å². The number of rotatable bonds is 10. The minimum Gasteiger partial charge on any atom is -0.283 e. The Hall–Kier alpha value is -4.66. The van der Waals surface area contributed by atoms with Crippen molar-refractivity contribution in [1.29, 1.82) is 0 Å². The molecule has 0 N–H and O–H groups in total. The molecule has 0 atom stereocenters. The number of nitrogens with zero attached hydrogens (tertiary/aromatic N) is 16. The number of hydrogen-bond donors (Lipinski definition) is 0. The smallest absolute Gasteiger partial charge is 0.248 e. The van der Waals surface area contributed by atoms with Gasteiger partial charge in [-0.3, -0.25) is 9.80 Å². The average molecular weight is 833 g/mol. The lowest BCUT2D eigenvalue weighted by molar-refractivity contribution is 0.730. The second-order valence-electron chi connectivity index (χ2n) is 12.8. The standard InChI is InChI=1S/2C18H24N8S2/c2*1-11-8-13(3)26(18-21-17(28-7)23-25(18)5)14(9-11)10-12(2)19-15-20-16(27-6)22-24(15)4/h2*8-10H,1-7H3/b2*14-10-,19-12-. The highest BCUT2D eigenvalue weighted by Crippen LogP contribution is 2.31. The Balaban J connectivity index is 0.000000214. The third-order valence-corrected chi connectivity index (χ3v) is 10.3. The predicted molar refractivity (Wildman–Crippen MR) is 233 cm³/mol. The third-order valence-electron chi connectivity index (χ3n) is 8.13.